The van der Waals surface area contributed by atoms with Gasteiger partial charge in [0.2, 0.25) is 0 Å². The minimum Gasteiger partial charge on any atom is -0.350 e. The Bertz CT molecular complexity index is 1130. The molecular formula is C20H17N5O2. The first kappa shape index (κ1) is 16.6. The maximum Gasteiger partial charge on any atom is 0.288 e. The third kappa shape index (κ3) is 3.06. The molecule has 7 heteroatoms. The lowest BCUT2D eigenvalue weighted by Crippen LogP contribution is -2.42. The van der Waals surface area contributed by atoms with Crippen LogP contribution in [-0.2, 0) is 7.05 Å². The molecule has 0 atom stereocenters. The monoisotopic (exact) mass is 359 g/mol. The van der Waals surface area contributed by atoms with E-state index in [1.807, 2.05) is 66.2 Å². The number of nitrogens with one attached hydrogen (secondary N) is 2. The highest BCUT2D eigenvalue weighted by molar-refractivity contribution is 6.07. The average molecular weight is 359 g/mol. The van der Waals surface area contributed by atoms with Crippen LogP contribution in [0.4, 0.5) is 0 Å². The minimum absolute atomic E-state index is 0.319. The summed E-state index contributed by atoms with van der Waals surface area (Å²) in [5.74, 6) is -0.837. The van der Waals surface area contributed by atoms with Crippen LogP contribution in [0.2, 0.25) is 0 Å². The number of amides is 2. The highest BCUT2D eigenvalue weighted by Crippen LogP contribution is 2.20. The van der Waals surface area contributed by atoms with Crippen LogP contribution in [0.1, 0.15) is 20.8 Å². The van der Waals surface area contributed by atoms with E-state index in [9.17, 15) is 9.59 Å². The third-order valence-electron chi connectivity index (χ3n) is 4.34. The SMILES string of the molecule is Cn1cc(C(=O)NNC(=O)c2cncn2-c2ccccc2)c2ccccc21. The third-order valence-corrected chi connectivity index (χ3v) is 4.34. The Morgan fingerprint density at radius 1 is 0.926 bits per heavy atom. The van der Waals surface area contributed by atoms with Crippen molar-refractivity contribution in [3.63, 3.8) is 0 Å². The van der Waals surface area contributed by atoms with E-state index in [1.54, 1.807) is 17.1 Å². The van der Waals surface area contributed by atoms with E-state index in [0.717, 1.165) is 16.6 Å². The van der Waals surface area contributed by atoms with Crippen molar-refractivity contribution in [3.05, 3.63) is 84.6 Å². The van der Waals surface area contributed by atoms with E-state index in [1.165, 1.54) is 6.20 Å². The molecule has 2 amide bonds. The van der Waals surface area contributed by atoms with Crippen LogP contribution in [0, 0.1) is 0 Å². The van der Waals surface area contributed by atoms with Crippen molar-refractivity contribution in [2.75, 3.05) is 0 Å². The van der Waals surface area contributed by atoms with Gasteiger partial charge in [-0.3, -0.25) is 25.0 Å². The number of aromatic nitrogens is 3. The summed E-state index contributed by atoms with van der Waals surface area (Å²) in [5, 5.41) is 0.820. The number of hydrogen-bond acceptors (Lipinski definition) is 3. The summed E-state index contributed by atoms with van der Waals surface area (Å²) < 4.78 is 3.52. The number of hydrazine groups is 1. The number of imidazole rings is 1. The van der Waals surface area contributed by atoms with Crippen molar-refractivity contribution in [2.45, 2.75) is 0 Å². The zero-order valence-corrected chi connectivity index (χ0v) is 14.6. The van der Waals surface area contributed by atoms with Crippen LogP contribution in [0.25, 0.3) is 16.6 Å². The normalized spacial score (nSPS) is 10.7. The summed E-state index contributed by atoms with van der Waals surface area (Å²) in [6, 6.07) is 17.0. The van der Waals surface area contributed by atoms with Gasteiger partial charge in [-0.15, -0.1) is 0 Å². The standard InChI is InChI=1S/C20H17N5O2/c1-24-12-16(15-9-5-6-10-17(15)24)19(26)22-23-20(27)18-11-21-13-25(18)14-7-3-2-4-8-14/h2-13H,1H3,(H,22,26)(H,23,27). The summed E-state index contributed by atoms with van der Waals surface area (Å²) in [5.41, 5.74) is 7.49. The summed E-state index contributed by atoms with van der Waals surface area (Å²) in [7, 11) is 1.87. The number of rotatable bonds is 3. The predicted octanol–water partition coefficient (Wildman–Crippen LogP) is 2.44. The summed E-state index contributed by atoms with van der Waals surface area (Å²) in [6.07, 6.45) is 4.74. The number of fused-ring (bicyclic) bond motifs is 1. The molecule has 0 fully saturated rings. The Balaban J connectivity index is 1.52. The van der Waals surface area contributed by atoms with E-state index < -0.39 is 5.91 Å². The molecule has 0 saturated heterocycles. The van der Waals surface area contributed by atoms with E-state index in [2.05, 4.69) is 15.8 Å². The Hall–Kier alpha value is -3.87. The number of benzene rings is 2. The van der Waals surface area contributed by atoms with Crippen LogP contribution in [0.3, 0.4) is 0 Å². The van der Waals surface area contributed by atoms with Crippen molar-refractivity contribution in [3.8, 4) is 5.69 Å². The largest absolute Gasteiger partial charge is 0.350 e. The fourth-order valence-electron chi connectivity index (χ4n) is 3.02. The average Bonchev–Trinajstić information content (AvgIpc) is 3.32. The molecule has 0 spiro atoms. The Morgan fingerprint density at radius 2 is 1.63 bits per heavy atom. The Kier molecular flexibility index (Phi) is 4.18. The van der Waals surface area contributed by atoms with Gasteiger partial charge in [-0.2, -0.15) is 0 Å². The number of para-hydroxylation sites is 2. The molecule has 0 radical (unpaired) electrons. The zero-order valence-electron chi connectivity index (χ0n) is 14.6. The van der Waals surface area contributed by atoms with Gasteiger partial charge in [0.05, 0.1) is 18.1 Å². The maximum atomic E-state index is 12.5. The van der Waals surface area contributed by atoms with Crippen LogP contribution >= 0.6 is 0 Å². The summed E-state index contributed by atoms with van der Waals surface area (Å²) >= 11 is 0. The van der Waals surface area contributed by atoms with Crippen LogP contribution in [0.15, 0.2) is 73.3 Å². The number of hydrogen-bond donors (Lipinski definition) is 2. The fourth-order valence-corrected chi connectivity index (χ4v) is 3.02. The molecule has 134 valence electrons. The van der Waals surface area contributed by atoms with Gasteiger partial charge in [-0.1, -0.05) is 36.4 Å². The van der Waals surface area contributed by atoms with Crippen LogP contribution < -0.4 is 10.9 Å². The first-order chi connectivity index (χ1) is 13.1. The van der Waals surface area contributed by atoms with Gasteiger partial charge in [0.15, 0.2) is 0 Å². The van der Waals surface area contributed by atoms with Crippen molar-refractivity contribution in [2.24, 2.45) is 7.05 Å². The number of nitrogens with zero attached hydrogens (tertiary/aromatic N) is 3. The molecule has 2 aromatic heterocycles. The fraction of sp³-hybridized carbons (Fsp3) is 0.0500. The van der Waals surface area contributed by atoms with Crippen LogP contribution in [-0.4, -0.2) is 25.9 Å². The first-order valence-corrected chi connectivity index (χ1v) is 8.37. The molecule has 2 N–H and O–H groups in total. The van der Waals surface area contributed by atoms with Crippen molar-refractivity contribution >= 4 is 22.7 Å². The molecule has 27 heavy (non-hydrogen) atoms. The molecule has 0 saturated carbocycles. The first-order valence-electron chi connectivity index (χ1n) is 8.37. The van der Waals surface area contributed by atoms with E-state index >= 15 is 0 Å². The topological polar surface area (TPSA) is 81.0 Å². The zero-order chi connectivity index (χ0) is 18.8. The van der Waals surface area contributed by atoms with Crippen molar-refractivity contribution < 1.29 is 9.59 Å². The van der Waals surface area contributed by atoms with Gasteiger partial charge in [-0.05, 0) is 18.2 Å². The van der Waals surface area contributed by atoms with E-state index in [4.69, 9.17) is 0 Å². The number of carbonyl (C=O) groups excluding carboxylic acids is 2. The lowest BCUT2D eigenvalue weighted by Gasteiger charge is -2.09. The van der Waals surface area contributed by atoms with Gasteiger partial charge in [0.1, 0.15) is 5.69 Å². The van der Waals surface area contributed by atoms with Gasteiger partial charge in [0.25, 0.3) is 11.8 Å². The molecule has 4 rings (SSSR count). The molecule has 7 nitrogen and oxygen atoms in total. The Morgan fingerprint density at radius 3 is 2.44 bits per heavy atom. The second kappa shape index (κ2) is 6.80. The lowest BCUT2D eigenvalue weighted by molar-refractivity contribution is 0.0843. The van der Waals surface area contributed by atoms with Gasteiger partial charge >= 0.3 is 0 Å². The summed E-state index contributed by atoms with van der Waals surface area (Å²) in [6.45, 7) is 0. The minimum atomic E-state index is -0.454. The highest BCUT2D eigenvalue weighted by Gasteiger charge is 2.17. The van der Waals surface area contributed by atoms with Crippen LogP contribution in [0.5, 0.6) is 0 Å². The molecule has 0 aliphatic rings. The number of aryl methyl sites for hydroxylation is 1. The lowest BCUT2D eigenvalue weighted by atomic mass is 10.2. The quantitative estimate of drug-likeness (QED) is 0.551. The predicted molar refractivity (Wildman–Crippen MR) is 101 cm³/mol. The van der Waals surface area contributed by atoms with E-state index in [0.29, 0.717) is 11.3 Å². The molecule has 0 aliphatic heterocycles. The molecule has 4 aromatic rings. The second-order valence-corrected chi connectivity index (χ2v) is 6.06. The van der Waals surface area contributed by atoms with E-state index in [-0.39, 0.29) is 5.91 Å². The molecule has 0 bridgehead atoms. The smallest absolute Gasteiger partial charge is 0.288 e. The van der Waals surface area contributed by atoms with Gasteiger partial charge < -0.3 is 4.57 Å². The Labute approximate surface area is 155 Å². The van der Waals surface area contributed by atoms with Crippen molar-refractivity contribution in [1.82, 2.24) is 25.0 Å². The van der Waals surface area contributed by atoms with Gasteiger partial charge in [-0.25, -0.2) is 4.98 Å². The highest BCUT2D eigenvalue weighted by atomic mass is 16.2. The number of carbonyl (C=O) groups is 2. The van der Waals surface area contributed by atoms with Gasteiger partial charge in [0, 0.05) is 29.8 Å². The second-order valence-electron chi connectivity index (χ2n) is 6.06. The molecule has 0 aliphatic carbocycles. The molecule has 0 unspecified atom stereocenters. The van der Waals surface area contributed by atoms with Crippen molar-refractivity contribution in [1.29, 1.82) is 0 Å². The summed E-state index contributed by atoms with van der Waals surface area (Å²) in [4.78, 5) is 29.1. The molecular weight excluding hydrogens is 342 g/mol. The molecule has 2 heterocycles. The molecule has 2 aromatic carbocycles. The maximum absolute atomic E-state index is 12.5.